The fourth-order valence-corrected chi connectivity index (χ4v) is 0.276. The third-order valence-electron chi connectivity index (χ3n) is 0.877. The average molecular weight is 118 g/mol. The maximum Gasteiger partial charge on any atom is 0.310 e. The summed E-state index contributed by atoms with van der Waals surface area (Å²) in [5.74, 6) is -0.757. The van der Waals surface area contributed by atoms with Crippen LogP contribution in [-0.2, 0) is 9.53 Å². The van der Waals surface area contributed by atoms with Gasteiger partial charge in [-0.05, 0) is 6.92 Å². The molecule has 0 saturated heterocycles. The van der Waals surface area contributed by atoms with Crippen molar-refractivity contribution in [1.29, 1.82) is 0 Å². The van der Waals surface area contributed by atoms with E-state index >= 15 is 0 Å². The van der Waals surface area contributed by atoms with E-state index < -0.39 is 0 Å². The van der Waals surface area contributed by atoms with Gasteiger partial charge in [0.1, 0.15) is 0 Å². The molecule has 0 aromatic heterocycles. The molecule has 48 valence electrons. The van der Waals surface area contributed by atoms with Gasteiger partial charge in [-0.15, -0.1) is 0 Å². The second-order valence-electron chi connectivity index (χ2n) is 1.61. The van der Waals surface area contributed by atoms with Crippen molar-refractivity contribution in [2.45, 2.75) is 6.92 Å². The van der Waals surface area contributed by atoms with Crippen LogP contribution in [0.3, 0.4) is 0 Å². The second-order valence-corrected chi connectivity index (χ2v) is 1.61. The molecule has 0 saturated carbocycles. The highest BCUT2D eigenvalue weighted by molar-refractivity contribution is 5.71. The van der Waals surface area contributed by atoms with Gasteiger partial charge in [-0.25, -0.2) is 0 Å². The number of rotatable bonds is 2. The van der Waals surface area contributed by atoms with Crippen LogP contribution in [-0.4, -0.2) is 24.8 Å². The maximum atomic E-state index is 10.4. The first-order valence-electron chi connectivity index (χ1n) is 2.41. The summed E-state index contributed by atoms with van der Waals surface area (Å²) < 4.78 is 4.30. The van der Waals surface area contributed by atoms with Crippen molar-refractivity contribution in [3.8, 4) is 0 Å². The lowest BCUT2D eigenvalue weighted by atomic mass is 10.2. The van der Waals surface area contributed by atoms with Gasteiger partial charge >= 0.3 is 5.97 Å². The number of hydrogen-bond acceptors (Lipinski definition) is 3. The van der Waals surface area contributed by atoms with E-state index in [1.807, 2.05) is 0 Å². The first kappa shape index (κ1) is 7.43. The average Bonchev–Trinajstić information content (AvgIpc) is 1.84. The van der Waals surface area contributed by atoms with E-state index in [0.717, 1.165) is 0 Å². The van der Waals surface area contributed by atoms with E-state index in [4.69, 9.17) is 5.11 Å². The van der Waals surface area contributed by atoms with Crippen LogP contribution in [0.5, 0.6) is 0 Å². The van der Waals surface area contributed by atoms with Crippen molar-refractivity contribution in [3.05, 3.63) is 0 Å². The van der Waals surface area contributed by atoms with Crippen LogP contribution in [0.4, 0.5) is 0 Å². The SMILES string of the molecule is COC(=O)C(C)CO. The summed E-state index contributed by atoms with van der Waals surface area (Å²) in [6.07, 6.45) is 0. The molecule has 1 atom stereocenters. The Balaban J connectivity index is 3.46. The Hall–Kier alpha value is -0.570. The van der Waals surface area contributed by atoms with E-state index in [2.05, 4.69) is 4.74 Å². The predicted octanol–water partition coefficient (Wildman–Crippen LogP) is -0.212. The molecular weight excluding hydrogens is 108 g/mol. The Morgan fingerprint density at radius 2 is 2.38 bits per heavy atom. The maximum absolute atomic E-state index is 10.4. The molecular formula is C5H10O3. The molecule has 0 aromatic rings. The summed E-state index contributed by atoms with van der Waals surface area (Å²) in [5, 5.41) is 8.34. The van der Waals surface area contributed by atoms with Gasteiger partial charge in [0, 0.05) is 0 Å². The highest BCUT2D eigenvalue weighted by atomic mass is 16.5. The monoisotopic (exact) mass is 118 g/mol. The van der Waals surface area contributed by atoms with Crippen molar-refractivity contribution in [2.75, 3.05) is 13.7 Å². The van der Waals surface area contributed by atoms with Gasteiger partial charge < -0.3 is 9.84 Å². The van der Waals surface area contributed by atoms with Gasteiger partial charge in [0.2, 0.25) is 0 Å². The van der Waals surface area contributed by atoms with E-state index in [9.17, 15) is 4.79 Å². The van der Waals surface area contributed by atoms with Crippen LogP contribution >= 0.6 is 0 Å². The number of methoxy groups -OCH3 is 1. The molecule has 0 aromatic carbocycles. The second kappa shape index (κ2) is 3.43. The first-order chi connectivity index (χ1) is 3.72. The quantitative estimate of drug-likeness (QED) is 0.510. The number of hydrogen-bond donors (Lipinski definition) is 1. The summed E-state index contributed by atoms with van der Waals surface area (Å²) in [6, 6.07) is 0. The molecule has 0 bridgehead atoms. The largest absolute Gasteiger partial charge is 0.469 e. The fourth-order valence-electron chi connectivity index (χ4n) is 0.276. The molecule has 1 unspecified atom stereocenters. The third kappa shape index (κ3) is 1.93. The topological polar surface area (TPSA) is 46.5 Å². The molecule has 3 nitrogen and oxygen atoms in total. The van der Waals surface area contributed by atoms with Crippen LogP contribution in [0, 0.1) is 5.92 Å². The van der Waals surface area contributed by atoms with Crippen LogP contribution in [0.1, 0.15) is 6.92 Å². The smallest absolute Gasteiger partial charge is 0.310 e. The first-order valence-corrected chi connectivity index (χ1v) is 2.41. The van der Waals surface area contributed by atoms with Gasteiger partial charge in [-0.1, -0.05) is 0 Å². The van der Waals surface area contributed by atoms with Crippen molar-refractivity contribution in [3.63, 3.8) is 0 Å². The Kier molecular flexibility index (Phi) is 3.19. The number of aliphatic hydroxyl groups excluding tert-OH is 1. The summed E-state index contributed by atoms with van der Waals surface area (Å²) >= 11 is 0. The van der Waals surface area contributed by atoms with Crippen molar-refractivity contribution < 1.29 is 14.6 Å². The van der Waals surface area contributed by atoms with Crippen LogP contribution < -0.4 is 0 Å². The van der Waals surface area contributed by atoms with Crippen molar-refractivity contribution in [1.82, 2.24) is 0 Å². The molecule has 1 N–H and O–H groups in total. The lowest BCUT2D eigenvalue weighted by Crippen LogP contribution is -2.15. The molecule has 0 spiro atoms. The molecule has 0 amide bonds. The lowest BCUT2D eigenvalue weighted by molar-refractivity contribution is -0.146. The summed E-state index contributed by atoms with van der Waals surface area (Å²) in [5.41, 5.74) is 0. The van der Waals surface area contributed by atoms with E-state index in [-0.39, 0.29) is 18.5 Å². The highest BCUT2D eigenvalue weighted by Crippen LogP contribution is 1.93. The van der Waals surface area contributed by atoms with Crippen molar-refractivity contribution >= 4 is 5.97 Å². The molecule has 0 aliphatic rings. The molecule has 0 heterocycles. The zero-order valence-electron chi connectivity index (χ0n) is 5.05. The number of carbonyl (C=O) groups excluding carboxylic acids is 1. The van der Waals surface area contributed by atoms with Crippen LogP contribution in [0.15, 0.2) is 0 Å². The minimum atomic E-state index is -0.389. The van der Waals surface area contributed by atoms with Gasteiger partial charge in [0.15, 0.2) is 0 Å². The minimum Gasteiger partial charge on any atom is -0.469 e. The zero-order chi connectivity index (χ0) is 6.57. The summed E-state index contributed by atoms with van der Waals surface area (Å²) in [7, 11) is 1.30. The van der Waals surface area contributed by atoms with Gasteiger partial charge in [-0.2, -0.15) is 0 Å². The normalized spacial score (nSPS) is 12.9. The highest BCUT2D eigenvalue weighted by Gasteiger charge is 2.09. The zero-order valence-corrected chi connectivity index (χ0v) is 5.05. The molecule has 8 heavy (non-hydrogen) atoms. The summed E-state index contributed by atoms with van der Waals surface area (Å²) in [6.45, 7) is 1.46. The summed E-state index contributed by atoms with van der Waals surface area (Å²) in [4.78, 5) is 10.4. The number of carbonyl (C=O) groups is 1. The number of ether oxygens (including phenoxy) is 1. The Labute approximate surface area is 48.3 Å². The van der Waals surface area contributed by atoms with Crippen molar-refractivity contribution in [2.24, 2.45) is 5.92 Å². The molecule has 0 aliphatic carbocycles. The van der Waals surface area contributed by atoms with Gasteiger partial charge in [0.25, 0.3) is 0 Å². The van der Waals surface area contributed by atoms with Gasteiger partial charge in [0.05, 0.1) is 19.6 Å². The van der Waals surface area contributed by atoms with E-state index in [0.29, 0.717) is 0 Å². The van der Waals surface area contributed by atoms with Crippen LogP contribution in [0.25, 0.3) is 0 Å². The Morgan fingerprint density at radius 3 is 2.50 bits per heavy atom. The Morgan fingerprint density at radius 1 is 1.88 bits per heavy atom. The molecule has 0 aliphatic heterocycles. The molecule has 0 radical (unpaired) electrons. The third-order valence-corrected chi connectivity index (χ3v) is 0.877. The molecule has 3 heteroatoms. The fraction of sp³-hybridized carbons (Fsp3) is 0.800. The Bertz CT molecular complexity index is 79.7. The number of aliphatic hydroxyl groups is 1. The predicted molar refractivity (Wildman–Crippen MR) is 28.3 cm³/mol. The van der Waals surface area contributed by atoms with Crippen LogP contribution in [0.2, 0.25) is 0 Å². The van der Waals surface area contributed by atoms with Gasteiger partial charge in [-0.3, -0.25) is 4.79 Å². The van der Waals surface area contributed by atoms with E-state index in [1.54, 1.807) is 6.92 Å². The van der Waals surface area contributed by atoms with E-state index in [1.165, 1.54) is 7.11 Å². The molecule has 0 fully saturated rings. The standard InChI is InChI=1S/C5H10O3/c1-4(3-6)5(7)8-2/h4,6H,3H2,1-2H3. The lowest BCUT2D eigenvalue weighted by Gasteiger charge is -2.02. The molecule has 0 rings (SSSR count). The number of esters is 1. The minimum absolute atomic E-state index is 0.146.